The molecule has 2 aromatic heterocycles. The molecule has 0 aliphatic carbocycles. The number of benzene rings is 2. The van der Waals surface area contributed by atoms with Crippen LogP contribution in [0, 0.1) is 22.7 Å². The van der Waals surface area contributed by atoms with E-state index in [9.17, 15) is 20.0 Å². The number of aliphatic hydroxyl groups is 1. The molecule has 0 atom stereocenters. The Bertz CT molecular complexity index is 1680. The number of aliphatic hydroxyl groups excluding tert-OH is 1. The zero-order chi connectivity index (χ0) is 28.4. The van der Waals surface area contributed by atoms with Crippen molar-refractivity contribution in [1.82, 2.24) is 24.0 Å². The Morgan fingerprint density at radius 2 is 1.82 bits per heavy atom. The van der Waals surface area contributed by atoms with Crippen molar-refractivity contribution in [2.45, 2.75) is 20.4 Å². The quantitative estimate of drug-likeness (QED) is 0.256. The molecule has 204 valence electrons. The van der Waals surface area contributed by atoms with Crippen molar-refractivity contribution >= 4 is 22.9 Å². The van der Waals surface area contributed by atoms with Crippen LogP contribution >= 0.6 is 0 Å². The second-order valence-corrected chi connectivity index (χ2v) is 10.5. The summed E-state index contributed by atoms with van der Waals surface area (Å²) in [5.41, 5.74) is 6.56. The van der Waals surface area contributed by atoms with Gasteiger partial charge in [-0.1, -0.05) is 38.1 Å². The lowest BCUT2D eigenvalue weighted by atomic mass is 9.91. The van der Waals surface area contributed by atoms with Crippen molar-refractivity contribution in [2.24, 2.45) is 11.3 Å². The van der Waals surface area contributed by atoms with Gasteiger partial charge in [-0.25, -0.2) is 14.8 Å². The minimum atomic E-state index is -0.689. The van der Waals surface area contributed by atoms with Gasteiger partial charge >= 0.3 is 5.69 Å². The first-order chi connectivity index (χ1) is 19.2. The Hall–Kier alpha value is -4.95. The molecule has 0 saturated carbocycles. The van der Waals surface area contributed by atoms with Crippen LogP contribution in [0.25, 0.3) is 16.9 Å². The molecule has 5 rings (SSSR count). The second-order valence-electron chi connectivity index (χ2n) is 10.5. The lowest BCUT2D eigenvalue weighted by Crippen LogP contribution is -2.52. The van der Waals surface area contributed by atoms with Crippen LogP contribution in [-0.2, 0) is 11.3 Å². The summed E-state index contributed by atoms with van der Waals surface area (Å²) >= 11 is 0. The number of carbonyl (C=O) groups is 1. The number of amides is 1. The topological polar surface area (TPSA) is 152 Å². The van der Waals surface area contributed by atoms with Crippen molar-refractivity contribution in [3.05, 3.63) is 83.1 Å². The van der Waals surface area contributed by atoms with Crippen LogP contribution in [0.3, 0.4) is 0 Å². The molecule has 0 unspecified atom stereocenters. The Balaban J connectivity index is 1.38. The number of nitrogens with two attached hydrogens (primary N) is 1. The monoisotopic (exact) mass is 539 g/mol. The number of carbonyl (C=O) groups excluding carboxylic acids is 1. The van der Waals surface area contributed by atoms with E-state index in [0.29, 0.717) is 48.0 Å². The number of nitriles is 1. The molecule has 3 N–H and O–H groups in total. The average molecular weight is 540 g/mol. The fourth-order valence-corrected chi connectivity index (χ4v) is 4.65. The third kappa shape index (κ3) is 5.17. The van der Waals surface area contributed by atoms with E-state index in [1.54, 1.807) is 47.6 Å². The van der Waals surface area contributed by atoms with Gasteiger partial charge in [0.25, 0.3) is 5.91 Å². The van der Waals surface area contributed by atoms with E-state index < -0.39 is 5.41 Å². The molecule has 3 heterocycles. The maximum Gasteiger partial charge on any atom is 0.335 e. The van der Waals surface area contributed by atoms with Crippen LogP contribution < -0.4 is 16.2 Å². The SMILES string of the molecule is CC(C)(C=C(C#N)C(=O)N1CC(Cn2c(=O)n(-c3ccc(Oc4ccccc4)cc3)c3c(N)ncnc32)C1)CO. The fourth-order valence-electron chi connectivity index (χ4n) is 4.65. The minimum absolute atomic E-state index is 0.00789. The normalized spacial score (nSPS) is 14.2. The maximum absolute atomic E-state index is 13.7. The second kappa shape index (κ2) is 10.7. The predicted molar refractivity (Wildman–Crippen MR) is 149 cm³/mol. The molecule has 1 amide bonds. The lowest BCUT2D eigenvalue weighted by Gasteiger charge is -2.39. The van der Waals surface area contributed by atoms with Gasteiger partial charge in [0.15, 0.2) is 11.5 Å². The summed E-state index contributed by atoms with van der Waals surface area (Å²) in [4.78, 5) is 36.5. The Morgan fingerprint density at radius 3 is 2.48 bits per heavy atom. The Kier molecular flexibility index (Phi) is 7.11. The highest BCUT2D eigenvalue weighted by Crippen LogP contribution is 2.27. The number of nitrogen functional groups attached to an aromatic ring is 1. The number of hydrogen-bond donors (Lipinski definition) is 2. The molecule has 0 bridgehead atoms. The van der Waals surface area contributed by atoms with Gasteiger partial charge in [-0.3, -0.25) is 13.9 Å². The van der Waals surface area contributed by atoms with Crippen molar-refractivity contribution in [2.75, 3.05) is 25.4 Å². The highest BCUT2D eigenvalue weighted by Gasteiger charge is 2.34. The van der Waals surface area contributed by atoms with Gasteiger partial charge in [-0.2, -0.15) is 5.26 Å². The van der Waals surface area contributed by atoms with Gasteiger partial charge in [0, 0.05) is 31.0 Å². The molecule has 4 aromatic rings. The lowest BCUT2D eigenvalue weighted by molar-refractivity contribution is -0.133. The summed E-state index contributed by atoms with van der Waals surface area (Å²) < 4.78 is 8.89. The van der Waals surface area contributed by atoms with Crippen LogP contribution in [0.4, 0.5) is 5.82 Å². The highest BCUT2D eigenvalue weighted by atomic mass is 16.5. The van der Waals surface area contributed by atoms with Crippen molar-refractivity contribution < 1.29 is 14.6 Å². The number of nitrogens with zero attached hydrogens (tertiary/aromatic N) is 6. The maximum atomic E-state index is 13.7. The molecule has 11 nitrogen and oxygen atoms in total. The predicted octanol–water partition coefficient (Wildman–Crippen LogP) is 2.88. The van der Waals surface area contributed by atoms with E-state index in [1.165, 1.54) is 17.0 Å². The van der Waals surface area contributed by atoms with Gasteiger partial charge in [0.2, 0.25) is 0 Å². The van der Waals surface area contributed by atoms with Crippen molar-refractivity contribution in [3.63, 3.8) is 0 Å². The Labute approximate surface area is 230 Å². The number of likely N-dealkylation sites (tertiary alicyclic amines) is 1. The fraction of sp³-hybridized carbons (Fsp3) is 0.276. The molecule has 2 aromatic carbocycles. The smallest absolute Gasteiger partial charge is 0.335 e. The standard InChI is InChI=1S/C29H29N7O4/c1-29(2,17-37)12-20(13-30)27(38)34-14-19(15-34)16-35-26-24(25(31)32-18-33-26)36(28(35)39)21-8-10-23(11-9-21)40-22-6-4-3-5-7-22/h3-12,18-19,37H,14-17H2,1-2H3,(H2,31,32,33). The number of aromatic nitrogens is 4. The number of ether oxygens (including phenoxy) is 1. The summed E-state index contributed by atoms with van der Waals surface area (Å²) in [5, 5.41) is 19.0. The number of anilines is 1. The molecular weight excluding hydrogens is 510 g/mol. The number of para-hydroxylation sites is 1. The molecule has 0 radical (unpaired) electrons. The van der Waals surface area contributed by atoms with Crippen LogP contribution in [0.1, 0.15) is 13.8 Å². The summed E-state index contributed by atoms with van der Waals surface area (Å²) in [6.45, 7) is 4.37. The number of hydrogen-bond acceptors (Lipinski definition) is 8. The van der Waals surface area contributed by atoms with Crippen LogP contribution in [0.2, 0.25) is 0 Å². The zero-order valence-electron chi connectivity index (χ0n) is 22.2. The van der Waals surface area contributed by atoms with E-state index >= 15 is 0 Å². The number of fused-ring (bicyclic) bond motifs is 1. The number of imidazole rings is 1. The van der Waals surface area contributed by atoms with E-state index in [1.807, 2.05) is 36.4 Å². The molecule has 1 aliphatic rings. The molecular formula is C29H29N7O4. The van der Waals surface area contributed by atoms with Crippen molar-refractivity contribution in [3.8, 4) is 23.3 Å². The first-order valence-corrected chi connectivity index (χ1v) is 12.8. The van der Waals surface area contributed by atoms with E-state index in [-0.39, 0.29) is 35.5 Å². The van der Waals surface area contributed by atoms with Gasteiger partial charge in [0.05, 0.1) is 12.3 Å². The van der Waals surface area contributed by atoms with Gasteiger partial charge in [-0.15, -0.1) is 0 Å². The average Bonchev–Trinajstić information content (AvgIpc) is 3.21. The first kappa shape index (κ1) is 26.6. The summed E-state index contributed by atoms with van der Waals surface area (Å²) in [6, 6.07) is 18.4. The van der Waals surface area contributed by atoms with E-state index in [4.69, 9.17) is 10.5 Å². The zero-order valence-corrected chi connectivity index (χ0v) is 22.2. The molecule has 1 aliphatic heterocycles. The van der Waals surface area contributed by atoms with E-state index in [0.717, 1.165) is 0 Å². The van der Waals surface area contributed by atoms with Gasteiger partial charge in [0.1, 0.15) is 35.0 Å². The first-order valence-electron chi connectivity index (χ1n) is 12.8. The Morgan fingerprint density at radius 1 is 1.15 bits per heavy atom. The molecule has 1 saturated heterocycles. The minimum Gasteiger partial charge on any atom is -0.457 e. The highest BCUT2D eigenvalue weighted by molar-refractivity contribution is 5.97. The summed E-state index contributed by atoms with van der Waals surface area (Å²) in [5.74, 6) is 1.07. The van der Waals surface area contributed by atoms with Crippen molar-refractivity contribution in [1.29, 1.82) is 5.26 Å². The third-order valence-electron chi connectivity index (χ3n) is 6.79. The largest absolute Gasteiger partial charge is 0.457 e. The van der Waals surface area contributed by atoms with E-state index in [2.05, 4.69) is 9.97 Å². The molecule has 1 fully saturated rings. The van der Waals surface area contributed by atoms with Gasteiger partial charge < -0.3 is 20.5 Å². The van der Waals surface area contributed by atoms with Crippen LogP contribution in [0.15, 0.2) is 77.4 Å². The molecule has 0 spiro atoms. The number of rotatable bonds is 8. The molecule has 40 heavy (non-hydrogen) atoms. The summed E-state index contributed by atoms with van der Waals surface area (Å²) in [7, 11) is 0. The van der Waals surface area contributed by atoms with Crippen LogP contribution in [-0.4, -0.2) is 54.7 Å². The summed E-state index contributed by atoms with van der Waals surface area (Å²) in [6.07, 6.45) is 2.81. The van der Waals surface area contributed by atoms with Gasteiger partial charge in [-0.05, 0) is 36.4 Å². The third-order valence-corrected chi connectivity index (χ3v) is 6.79. The molecule has 11 heteroatoms. The van der Waals surface area contributed by atoms with Crippen LogP contribution in [0.5, 0.6) is 11.5 Å².